The SMILES string of the molecule is CCC(=O)CCNCC(F)(F)F.[HH]. The molecule has 0 spiro atoms. The molecule has 0 atom stereocenters. The van der Waals surface area contributed by atoms with E-state index in [-0.39, 0.29) is 20.2 Å². The van der Waals surface area contributed by atoms with Gasteiger partial charge in [-0.05, 0) is 0 Å². The molecule has 0 heterocycles. The topological polar surface area (TPSA) is 29.1 Å². The lowest BCUT2D eigenvalue weighted by molar-refractivity contribution is -0.126. The Kier molecular flexibility index (Phi) is 4.89. The molecule has 1 N–H and O–H groups in total. The van der Waals surface area contributed by atoms with Crippen LogP contribution in [0.4, 0.5) is 13.2 Å². The van der Waals surface area contributed by atoms with Gasteiger partial charge in [-0.1, -0.05) is 6.92 Å². The summed E-state index contributed by atoms with van der Waals surface area (Å²) in [5, 5.41) is 2.14. The monoisotopic (exact) mass is 185 g/mol. The molecule has 0 aliphatic heterocycles. The summed E-state index contributed by atoms with van der Waals surface area (Å²) < 4.78 is 34.5. The molecule has 74 valence electrons. The van der Waals surface area contributed by atoms with Crippen LogP contribution < -0.4 is 5.32 Å². The molecule has 0 amide bonds. The molecule has 0 saturated heterocycles. The van der Waals surface area contributed by atoms with Gasteiger partial charge in [0.15, 0.2) is 0 Å². The van der Waals surface area contributed by atoms with E-state index in [4.69, 9.17) is 0 Å². The van der Waals surface area contributed by atoms with E-state index in [9.17, 15) is 18.0 Å². The second kappa shape index (κ2) is 5.13. The third-order valence-electron chi connectivity index (χ3n) is 1.30. The molecule has 0 bridgehead atoms. The zero-order valence-electron chi connectivity index (χ0n) is 6.87. The minimum absolute atomic E-state index is 0. The summed E-state index contributed by atoms with van der Waals surface area (Å²) in [4.78, 5) is 10.6. The fourth-order valence-corrected chi connectivity index (χ4v) is 0.635. The van der Waals surface area contributed by atoms with E-state index >= 15 is 0 Å². The Bertz CT molecular complexity index is 149. The van der Waals surface area contributed by atoms with Crippen LogP contribution in [-0.2, 0) is 4.79 Å². The lowest BCUT2D eigenvalue weighted by Gasteiger charge is -2.06. The van der Waals surface area contributed by atoms with Crippen molar-refractivity contribution in [2.24, 2.45) is 0 Å². The van der Waals surface area contributed by atoms with E-state index < -0.39 is 12.7 Å². The van der Waals surface area contributed by atoms with Crippen molar-refractivity contribution < 1.29 is 19.4 Å². The molecule has 0 saturated carbocycles. The summed E-state index contributed by atoms with van der Waals surface area (Å²) in [7, 11) is 0. The quantitative estimate of drug-likeness (QED) is 0.661. The molecule has 0 radical (unpaired) electrons. The van der Waals surface area contributed by atoms with Crippen molar-refractivity contribution >= 4 is 5.78 Å². The Labute approximate surface area is 70.6 Å². The van der Waals surface area contributed by atoms with Crippen LogP contribution in [0.15, 0.2) is 0 Å². The summed E-state index contributed by atoms with van der Waals surface area (Å²) in [6.45, 7) is 0.766. The number of carbonyl (C=O) groups excluding carboxylic acids is 1. The van der Waals surface area contributed by atoms with Crippen LogP contribution in [0.2, 0.25) is 0 Å². The third kappa shape index (κ3) is 7.53. The van der Waals surface area contributed by atoms with Crippen molar-refractivity contribution in [1.29, 1.82) is 0 Å². The number of alkyl halides is 3. The molecule has 2 nitrogen and oxygen atoms in total. The van der Waals surface area contributed by atoms with E-state index in [1.807, 2.05) is 0 Å². The second-order valence-electron chi connectivity index (χ2n) is 2.43. The zero-order valence-corrected chi connectivity index (χ0v) is 6.87. The van der Waals surface area contributed by atoms with Crippen LogP contribution in [0.1, 0.15) is 21.2 Å². The van der Waals surface area contributed by atoms with Gasteiger partial charge in [-0.15, -0.1) is 0 Å². The third-order valence-corrected chi connectivity index (χ3v) is 1.30. The number of ketones is 1. The van der Waals surface area contributed by atoms with Gasteiger partial charge >= 0.3 is 6.18 Å². The lowest BCUT2D eigenvalue weighted by Crippen LogP contribution is -2.30. The summed E-state index contributed by atoms with van der Waals surface area (Å²) in [6.07, 6.45) is -3.63. The Morgan fingerprint density at radius 1 is 1.50 bits per heavy atom. The van der Waals surface area contributed by atoms with Gasteiger partial charge in [0.2, 0.25) is 0 Å². The summed E-state index contributed by atoms with van der Waals surface area (Å²) in [6, 6.07) is 0. The van der Waals surface area contributed by atoms with E-state index in [2.05, 4.69) is 5.32 Å². The van der Waals surface area contributed by atoms with Crippen LogP contribution in [-0.4, -0.2) is 25.0 Å². The first-order valence-electron chi connectivity index (χ1n) is 3.75. The van der Waals surface area contributed by atoms with E-state index in [0.717, 1.165) is 0 Å². The molecule has 0 aliphatic rings. The lowest BCUT2D eigenvalue weighted by atomic mass is 10.2. The maximum absolute atomic E-state index is 11.5. The molecular formula is C7H14F3NO. The van der Waals surface area contributed by atoms with Gasteiger partial charge in [-0.25, -0.2) is 0 Å². The summed E-state index contributed by atoms with van der Waals surface area (Å²) >= 11 is 0. The predicted octanol–water partition coefficient (Wildman–Crippen LogP) is 1.75. The van der Waals surface area contributed by atoms with Gasteiger partial charge in [0.25, 0.3) is 0 Å². The van der Waals surface area contributed by atoms with Crippen LogP contribution in [0, 0.1) is 0 Å². The number of hydrogen-bond acceptors (Lipinski definition) is 2. The highest BCUT2D eigenvalue weighted by Crippen LogP contribution is 2.11. The molecule has 0 aromatic carbocycles. The van der Waals surface area contributed by atoms with Crippen molar-refractivity contribution in [3.8, 4) is 0 Å². The highest BCUT2D eigenvalue weighted by Gasteiger charge is 2.25. The first kappa shape index (κ1) is 11.4. The zero-order chi connectivity index (χ0) is 9.61. The van der Waals surface area contributed by atoms with Gasteiger partial charge in [0.05, 0.1) is 6.54 Å². The highest BCUT2D eigenvalue weighted by atomic mass is 19.4. The maximum atomic E-state index is 11.5. The van der Waals surface area contributed by atoms with Crippen molar-refractivity contribution in [3.63, 3.8) is 0 Å². The fraction of sp³-hybridized carbons (Fsp3) is 0.857. The molecule has 0 aromatic heterocycles. The molecular weight excluding hydrogens is 171 g/mol. The van der Waals surface area contributed by atoms with Crippen molar-refractivity contribution in [2.75, 3.05) is 13.1 Å². The molecule has 0 unspecified atom stereocenters. The Balaban J connectivity index is 0. The number of hydrogen-bond donors (Lipinski definition) is 1. The number of nitrogens with one attached hydrogen (secondary N) is 1. The largest absolute Gasteiger partial charge is 0.401 e. The van der Waals surface area contributed by atoms with Gasteiger partial charge in [0.1, 0.15) is 5.78 Å². The van der Waals surface area contributed by atoms with E-state index in [1.165, 1.54) is 0 Å². The van der Waals surface area contributed by atoms with Gasteiger partial charge in [-0.3, -0.25) is 4.79 Å². The number of rotatable bonds is 5. The predicted molar refractivity (Wildman–Crippen MR) is 41.0 cm³/mol. The smallest absolute Gasteiger partial charge is 0.308 e. The van der Waals surface area contributed by atoms with Crippen LogP contribution in [0.25, 0.3) is 0 Å². The average molecular weight is 185 g/mol. The standard InChI is InChI=1S/C7H12F3NO.H2/c1-2-6(12)3-4-11-5-7(8,9)10;/h11H,2-5H2,1H3;1H. The molecule has 12 heavy (non-hydrogen) atoms. The fourth-order valence-electron chi connectivity index (χ4n) is 0.635. The Morgan fingerprint density at radius 2 is 2.08 bits per heavy atom. The number of carbonyl (C=O) groups is 1. The summed E-state index contributed by atoms with van der Waals surface area (Å²) in [5.74, 6) is -0.0234. The van der Waals surface area contributed by atoms with Crippen molar-refractivity contribution in [1.82, 2.24) is 5.32 Å². The molecule has 0 aromatic rings. The second-order valence-corrected chi connectivity index (χ2v) is 2.43. The molecule has 5 heteroatoms. The summed E-state index contributed by atoms with van der Waals surface area (Å²) in [5.41, 5.74) is 0. The molecule has 0 fully saturated rings. The highest BCUT2D eigenvalue weighted by molar-refractivity contribution is 5.78. The van der Waals surface area contributed by atoms with Crippen LogP contribution >= 0.6 is 0 Å². The van der Waals surface area contributed by atoms with Crippen LogP contribution in [0.3, 0.4) is 0 Å². The number of halogens is 3. The normalized spacial score (nSPS) is 11.7. The maximum Gasteiger partial charge on any atom is 0.401 e. The number of Topliss-reactive ketones (excluding diaryl/α,β-unsaturated/α-hetero) is 1. The van der Waals surface area contributed by atoms with E-state index in [0.29, 0.717) is 6.42 Å². The van der Waals surface area contributed by atoms with Crippen molar-refractivity contribution in [3.05, 3.63) is 0 Å². The van der Waals surface area contributed by atoms with Crippen molar-refractivity contribution in [2.45, 2.75) is 25.9 Å². The van der Waals surface area contributed by atoms with Gasteiger partial charge < -0.3 is 5.32 Å². The Hall–Kier alpha value is -0.580. The molecule has 0 rings (SSSR count). The average Bonchev–Trinajstić information content (AvgIpc) is 1.96. The van der Waals surface area contributed by atoms with Gasteiger partial charge in [-0.2, -0.15) is 13.2 Å². The Morgan fingerprint density at radius 3 is 2.50 bits per heavy atom. The molecule has 0 aliphatic carbocycles. The first-order valence-corrected chi connectivity index (χ1v) is 3.75. The van der Waals surface area contributed by atoms with Gasteiger partial charge in [0, 0.05) is 20.8 Å². The van der Waals surface area contributed by atoms with E-state index in [1.54, 1.807) is 6.92 Å². The minimum atomic E-state index is -4.19. The van der Waals surface area contributed by atoms with Crippen LogP contribution in [0.5, 0.6) is 0 Å². The minimum Gasteiger partial charge on any atom is -0.308 e. The first-order chi connectivity index (χ1) is 5.45.